The van der Waals surface area contributed by atoms with Crippen molar-refractivity contribution >= 4 is 21.5 Å². The maximum atomic E-state index is 13.1. The van der Waals surface area contributed by atoms with Crippen molar-refractivity contribution in [2.24, 2.45) is 0 Å². The van der Waals surface area contributed by atoms with E-state index in [-0.39, 0.29) is 28.1 Å². The average Bonchev–Trinajstić information content (AvgIpc) is 3.27. The summed E-state index contributed by atoms with van der Waals surface area (Å²) in [5.41, 5.74) is 3.95. The van der Waals surface area contributed by atoms with E-state index in [1.54, 1.807) is 6.07 Å². The number of fused-ring (bicyclic) bond motifs is 4. The molecule has 0 bridgehead atoms. The summed E-state index contributed by atoms with van der Waals surface area (Å²) >= 11 is 0. The van der Waals surface area contributed by atoms with Crippen molar-refractivity contribution in [1.82, 2.24) is 10.1 Å². The van der Waals surface area contributed by atoms with Crippen molar-refractivity contribution in [3.63, 3.8) is 0 Å². The largest absolute Gasteiger partial charge is 0.480 e. The number of aliphatic hydroxyl groups excluding tert-OH is 1. The van der Waals surface area contributed by atoms with Crippen LogP contribution in [0.4, 0.5) is 11.5 Å². The number of aromatic nitrogens is 2. The molecule has 6 rings (SSSR count). The summed E-state index contributed by atoms with van der Waals surface area (Å²) in [6, 6.07) is 9.32. The van der Waals surface area contributed by atoms with Crippen molar-refractivity contribution in [1.29, 1.82) is 0 Å². The lowest BCUT2D eigenvalue weighted by atomic mass is 9.79. The number of ether oxygens (including phenoxy) is 1. The average molecular weight is 469 g/mol. The molecule has 33 heavy (non-hydrogen) atoms. The van der Waals surface area contributed by atoms with Crippen LogP contribution in [0.2, 0.25) is 0 Å². The molecular formula is C23H24N4O5S. The Kier molecular flexibility index (Phi) is 4.47. The van der Waals surface area contributed by atoms with E-state index in [1.807, 2.05) is 0 Å². The van der Waals surface area contributed by atoms with E-state index in [4.69, 9.17) is 9.26 Å². The van der Waals surface area contributed by atoms with Gasteiger partial charge in [0.25, 0.3) is 10.0 Å². The van der Waals surface area contributed by atoms with Crippen molar-refractivity contribution in [3.05, 3.63) is 47.7 Å². The van der Waals surface area contributed by atoms with E-state index in [1.165, 1.54) is 24.9 Å². The van der Waals surface area contributed by atoms with Gasteiger partial charge in [-0.25, -0.2) is 13.4 Å². The summed E-state index contributed by atoms with van der Waals surface area (Å²) in [6.45, 7) is 1.40. The fourth-order valence-corrected chi connectivity index (χ4v) is 6.22. The minimum atomic E-state index is -3.98. The molecule has 2 aromatic heterocycles. The minimum absolute atomic E-state index is 0.0108. The van der Waals surface area contributed by atoms with Crippen LogP contribution in [0.1, 0.15) is 30.4 Å². The maximum Gasteiger partial charge on any atom is 0.268 e. The zero-order chi connectivity index (χ0) is 22.8. The van der Waals surface area contributed by atoms with E-state index < -0.39 is 10.0 Å². The highest BCUT2D eigenvalue weighted by atomic mass is 32.2. The summed E-state index contributed by atoms with van der Waals surface area (Å²) in [7, 11) is -2.60. The van der Waals surface area contributed by atoms with E-state index in [2.05, 4.69) is 38.0 Å². The van der Waals surface area contributed by atoms with Gasteiger partial charge in [0.15, 0.2) is 11.6 Å². The number of methoxy groups -OCH3 is 1. The number of hydrogen-bond acceptors (Lipinski definition) is 8. The lowest BCUT2D eigenvalue weighted by Crippen LogP contribution is -2.23. The number of rotatable bonds is 5. The van der Waals surface area contributed by atoms with Gasteiger partial charge in [0.2, 0.25) is 5.88 Å². The molecule has 9 nitrogen and oxygen atoms in total. The van der Waals surface area contributed by atoms with E-state index in [9.17, 15) is 13.5 Å². The van der Waals surface area contributed by atoms with Crippen LogP contribution in [-0.4, -0.2) is 50.0 Å². The van der Waals surface area contributed by atoms with E-state index >= 15 is 0 Å². The van der Waals surface area contributed by atoms with Crippen LogP contribution in [0.5, 0.6) is 5.88 Å². The molecule has 3 heterocycles. The first kappa shape index (κ1) is 20.5. The fraction of sp³-hybridized carbons (Fsp3) is 0.391. The third-order valence-electron chi connectivity index (χ3n) is 6.95. The number of nitrogens with zero attached hydrogens (tertiary/aromatic N) is 3. The Labute approximate surface area is 191 Å². The van der Waals surface area contributed by atoms with Gasteiger partial charge in [-0.05, 0) is 55.5 Å². The van der Waals surface area contributed by atoms with Gasteiger partial charge < -0.3 is 19.3 Å². The molecule has 10 heteroatoms. The third-order valence-corrected chi connectivity index (χ3v) is 8.31. The SMILES string of the molecule is COc1ncccc1S(=O)(=O)Nc1noc2c1CC1(CC1)c1ccc(N3CC[C@@H](O)C3)cc1-2. The van der Waals surface area contributed by atoms with Crippen LogP contribution in [0.15, 0.2) is 45.9 Å². The number of nitrogens with one attached hydrogen (secondary N) is 1. The predicted molar refractivity (Wildman–Crippen MR) is 121 cm³/mol. The zero-order valence-corrected chi connectivity index (χ0v) is 18.9. The van der Waals surface area contributed by atoms with E-state index in [0.717, 1.165) is 42.6 Å². The van der Waals surface area contributed by atoms with Gasteiger partial charge in [-0.15, -0.1) is 0 Å². The molecule has 2 fully saturated rings. The normalized spacial score (nSPS) is 20.4. The second kappa shape index (κ2) is 7.19. The number of benzene rings is 1. The molecule has 0 amide bonds. The lowest BCUT2D eigenvalue weighted by molar-refractivity contribution is 0.198. The fourth-order valence-electron chi connectivity index (χ4n) is 5.07. The smallest absolute Gasteiger partial charge is 0.268 e. The van der Waals surface area contributed by atoms with Gasteiger partial charge in [-0.2, -0.15) is 0 Å². The highest BCUT2D eigenvalue weighted by molar-refractivity contribution is 7.92. The monoisotopic (exact) mass is 468 g/mol. The first-order chi connectivity index (χ1) is 15.9. The number of β-amino-alcohol motifs (C(OH)–C–C–N with tert-alkyl or cyclic N) is 1. The molecule has 0 unspecified atom stereocenters. The molecule has 1 aromatic carbocycles. The molecule has 172 valence electrons. The van der Waals surface area contributed by atoms with Crippen LogP contribution in [0.3, 0.4) is 0 Å². The number of pyridine rings is 1. The molecule has 1 saturated heterocycles. The molecule has 3 aromatic rings. The molecule has 2 N–H and O–H groups in total. The van der Waals surface area contributed by atoms with Gasteiger partial charge in [0.1, 0.15) is 4.90 Å². The van der Waals surface area contributed by atoms with Gasteiger partial charge in [-0.1, -0.05) is 11.2 Å². The summed E-state index contributed by atoms with van der Waals surface area (Å²) in [5.74, 6) is 0.818. The molecule has 2 aliphatic carbocycles. The summed E-state index contributed by atoms with van der Waals surface area (Å²) in [4.78, 5) is 6.09. The maximum absolute atomic E-state index is 13.1. The zero-order valence-electron chi connectivity index (χ0n) is 18.1. The minimum Gasteiger partial charge on any atom is -0.480 e. The highest BCUT2D eigenvalue weighted by Crippen LogP contribution is 2.58. The highest BCUT2D eigenvalue weighted by Gasteiger charge is 2.50. The Balaban J connectivity index is 1.40. The van der Waals surface area contributed by atoms with E-state index in [0.29, 0.717) is 18.7 Å². The quantitative estimate of drug-likeness (QED) is 0.587. The van der Waals surface area contributed by atoms with Crippen molar-refractivity contribution < 1.29 is 22.8 Å². The van der Waals surface area contributed by atoms with Crippen LogP contribution >= 0.6 is 0 Å². The van der Waals surface area contributed by atoms with Crippen molar-refractivity contribution in [2.45, 2.75) is 42.1 Å². The summed E-state index contributed by atoms with van der Waals surface area (Å²) in [5, 5.41) is 14.1. The topological polar surface area (TPSA) is 118 Å². The van der Waals surface area contributed by atoms with Crippen LogP contribution in [0, 0.1) is 0 Å². The second-order valence-corrected chi connectivity index (χ2v) is 10.7. The van der Waals surface area contributed by atoms with Gasteiger partial charge >= 0.3 is 0 Å². The van der Waals surface area contributed by atoms with Crippen LogP contribution in [-0.2, 0) is 21.9 Å². The Morgan fingerprint density at radius 1 is 1.30 bits per heavy atom. The molecular weight excluding hydrogens is 444 g/mol. The predicted octanol–water partition coefficient (Wildman–Crippen LogP) is 2.70. The van der Waals surface area contributed by atoms with Crippen LogP contribution < -0.4 is 14.4 Å². The number of aliphatic hydroxyl groups is 1. The Bertz CT molecular complexity index is 1350. The Morgan fingerprint density at radius 3 is 2.88 bits per heavy atom. The van der Waals surface area contributed by atoms with Gasteiger partial charge in [0.05, 0.1) is 13.2 Å². The van der Waals surface area contributed by atoms with Crippen LogP contribution in [0.25, 0.3) is 11.3 Å². The molecule has 3 aliphatic rings. The first-order valence-corrected chi connectivity index (χ1v) is 12.5. The second-order valence-electron chi connectivity index (χ2n) is 9.03. The molecule has 1 atom stereocenters. The Morgan fingerprint density at radius 2 is 2.15 bits per heavy atom. The Hall–Kier alpha value is -3.11. The third kappa shape index (κ3) is 3.27. The van der Waals surface area contributed by atoms with Gasteiger partial charge in [0, 0.05) is 41.5 Å². The molecule has 0 radical (unpaired) electrons. The number of anilines is 2. The number of sulfonamides is 1. The standard InChI is InChI=1S/C23H24N4O5S/c1-31-22-19(3-2-9-24-22)33(29,30)26-21-17-12-23(7-8-23)18-5-4-14(27-10-6-15(28)13-27)11-16(18)20(17)32-25-21/h2-5,9,11,15,28H,6-8,10,12-13H2,1H3,(H,25,26)/t15-/m1/s1. The molecule has 1 saturated carbocycles. The lowest BCUT2D eigenvalue weighted by Gasteiger charge is -2.27. The summed E-state index contributed by atoms with van der Waals surface area (Å²) < 4.78 is 39.6. The van der Waals surface area contributed by atoms with Crippen molar-refractivity contribution in [2.75, 3.05) is 29.8 Å². The molecule has 1 spiro atoms. The number of hydrogen-bond donors (Lipinski definition) is 2. The van der Waals surface area contributed by atoms with Crippen molar-refractivity contribution in [3.8, 4) is 17.2 Å². The molecule has 1 aliphatic heterocycles. The first-order valence-electron chi connectivity index (χ1n) is 11.0. The summed E-state index contributed by atoms with van der Waals surface area (Å²) in [6.07, 6.45) is 4.65. The van der Waals surface area contributed by atoms with Gasteiger partial charge in [-0.3, -0.25) is 4.72 Å².